The maximum Gasteiger partial charge on any atom is 0.122 e. The number of aromatic nitrogens is 1. The summed E-state index contributed by atoms with van der Waals surface area (Å²) in [6, 6.07) is 17.8. The number of aliphatic hydroxyl groups excluding tert-OH is 1. The van der Waals surface area contributed by atoms with Crippen molar-refractivity contribution in [1.29, 1.82) is 5.26 Å². The fourth-order valence-electron chi connectivity index (χ4n) is 3.83. The predicted octanol–water partition coefficient (Wildman–Crippen LogP) is 3.96. The van der Waals surface area contributed by atoms with Crippen LogP contribution in [0.25, 0.3) is 10.9 Å². The molecule has 0 amide bonds. The molecule has 1 aliphatic rings. The Labute approximate surface area is 164 Å². The number of aryl methyl sites for hydroxylation is 1. The second-order valence-corrected chi connectivity index (χ2v) is 7.23. The van der Waals surface area contributed by atoms with E-state index in [0.717, 1.165) is 53.0 Å². The van der Waals surface area contributed by atoms with Gasteiger partial charge in [-0.05, 0) is 55.7 Å². The molecule has 1 atom stereocenters. The van der Waals surface area contributed by atoms with Crippen LogP contribution in [0, 0.1) is 18.3 Å². The van der Waals surface area contributed by atoms with Crippen molar-refractivity contribution in [2.24, 2.45) is 0 Å². The minimum atomic E-state index is 0.175. The number of aliphatic hydroxyl groups is 1. The minimum absolute atomic E-state index is 0.175. The van der Waals surface area contributed by atoms with Crippen LogP contribution in [0.2, 0.25) is 0 Å². The molecule has 0 spiro atoms. The van der Waals surface area contributed by atoms with Crippen molar-refractivity contribution in [2.75, 3.05) is 18.1 Å². The molecule has 0 aliphatic carbocycles. The summed E-state index contributed by atoms with van der Waals surface area (Å²) in [4.78, 5) is 6.99. The van der Waals surface area contributed by atoms with Gasteiger partial charge in [0.25, 0.3) is 0 Å². The lowest BCUT2D eigenvalue weighted by Gasteiger charge is -2.27. The van der Waals surface area contributed by atoms with Crippen LogP contribution in [0.1, 0.15) is 29.7 Å². The van der Waals surface area contributed by atoms with Gasteiger partial charge in [-0.1, -0.05) is 12.1 Å². The summed E-state index contributed by atoms with van der Waals surface area (Å²) >= 11 is 0. The molecule has 1 fully saturated rings. The monoisotopic (exact) mass is 373 g/mol. The molecular formula is C23H23N3O2. The van der Waals surface area contributed by atoms with Crippen LogP contribution in [0.5, 0.6) is 5.75 Å². The predicted molar refractivity (Wildman–Crippen MR) is 109 cm³/mol. The third-order valence-corrected chi connectivity index (χ3v) is 5.27. The molecular weight excluding hydrogens is 350 g/mol. The highest BCUT2D eigenvalue weighted by Gasteiger charge is 2.25. The number of fused-ring (bicyclic) bond motifs is 1. The highest BCUT2D eigenvalue weighted by Crippen LogP contribution is 2.34. The van der Waals surface area contributed by atoms with Crippen LogP contribution in [-0.4, -0.2) is 29.3 Å². The number of rotatable bonds is 5. The fraction of sp³-hybridized carbons (Fsp3) is 0.304. The zero-order chi connectivity index (χ0) is 19.5. The van der Waals surface area contributed by atoms with Crippen LogP contribution in [0.15, 0.2) is 48.5 Å². The Morgan fingerprint density at radius 1 is 1.21 bits per heavy atom. The van der Waals surface area contributed by atoms with Gasteiger partial charge in [0.2, 0.25) is 0 Å². The van der Waals surface area contributed by atoms with Crippen LogP contribution in [0.4, 0.5) is 5.69 Å². The summed E-state index contributed by atoms with van der Waals surface area (Å²) < 4.78 is 5.94. The molecule has 0 unspecified atom stereocenters. The average molecular weight is 373 g/mol. The highest BCUT2D eigenvalue weighted by molar-refractivity contribution is 5.93. The first kappa shape index (κ1) is 18.3. The van der Waals surface area contributed by atoms with Crippen LogP contribution in [0.3, 0.4) is 0 Å². The Balaban J connectivity index is 1.59. The normalized spacial score (nSPS) is 16.3. The SMILES string of the molecule is Cc1cc(N2CCC[C@H]2CO)c2ccc(OCc3ccc(C#N)cc3)cc2n1. The van der Waals surface area contributed by atoms with Gasteiger partial charge in [-0.2, -0.15) is 5.26 Å². The highest BCUT2D eigenvalue weighted by atomic mass is 16.5. The summed E-state index contributed by atoms with van der Waals surface area (Å²) in [6.07, 6.45) is 2.12. The number of hydrogen-bond acceptors (Lipinski definition) is 5. The molecule has 28 heavy (non-hydrogen) atoms. The first-order chi connectivity index (χ1) is 13.7. The second-order valence-electron chi connectivity index (χ2n) is 7.23. The topological polar surface area (TPSA) is 69.4 Å². The number of anilines is 1. The molecule has 142 valence electrons. The van der Waals surface area contributed by atoms with E-state index in [-0.39, 0.29) is 12.6 Å². The van der Waals surface area contributed by atoms with Crippen molar-refractivity contribution in [3.05, 3.63) is 65.4 Å². The third kappa shape index (κ3) is 3.64. The van der Waals surface area contributed by atoms with Crippen LogP contribution >= 0.6 is 0 Å². The zero-order valence-corrected chi connectivity index (χ0v) is 15.9. The van der Waals surface area contributed by atoms with E-state index < -0.39 is 0 Å². The maximum absolute atomic E-state index is 9.70. The van der Waals surface area contributed by atoms with E-state index in [9.17, 15) is 5.11 Å². The molecule has 0 bridgehead atoms. The molecule has 1 saturated heterocycles. The van der Waals surface area contributed by atoms with Crippen molar-refractivity contribution in [1.82, 2.24) is 4.98 Å². The molecule has 3 aromatic rings. The molecule has 0 saturated carbocycles. The molecule has 2 heterocycles. The maximum atomic E-state index is 9.70. The Bertz CT molecular complexity index is 1020. The molecule has 2 aromatic carbocycles. The fourth-order valence-corrected chi connectivity index (χ4v) is 3.83. The summed E-state index contributed by atoms with van der Waals surface area (Å²) in [6.45, 7) is 3.57. The third-order valence-electron chi connectivity index (χ3n) is 5.27. The summed E-state index contributed by atoms with van der Waals surface area (Å²) in [7, 11) is 0. The molecule has 4 rings (SSSR count). The molecule has 0 radical (unpaired) electrons. The van der Waals surface area contributed by atoms with Crippen LogP contribution < -0.4 is 9.64 Å². The number of nitrogens with zero attached hydrogens (tertiary/aromatic N) is 3. The van der Waals surface area contributed by atoms with Gasteiger partial charge in [0.1, 0.15) is 12.4 Å². The van der Waals surface area contributed by atoms with E-state index in [1.807, 2.05) is 31.2 Å². The largest absolute Gasteiger partial charge is 0.489 e. The number of nitriles is 1. The molecule has 5 nitrogen and oxygen atoms in total. The zero-order valence-electron chi connectivity index (χ0n) is 15.9. The van der Waals surface area contributed by atoms with Crippen molar-refractivity contribution in [3.63, 3.8) is 0 Å². The van der Waals surface area contributed by atoms with Gasteiger partial charge in [-0.15, -0.1) is 0 Å². The van der Waals surface area contributed by atoms with Gasteiger partial charge in [0.05, 0.1) is 29.8 Å². The second kappa shape index (κ2) is 7.87. The Morgan fingerprint density at radius 2 is 2.04 bits per heavy atom. The van der Waals surface area contributed by atoms with Crippen molar-refractivity contribution >= 4 is 16.6 Å². The molecule has 1 aromatic heterocycles. The molecule has 1 N–H and O–H groups in total. The summed E-state index contributed by atoms with van der Waals surface area (Å²) in [5.74, 6) is 0.765. The number of ether oxygens (including phenoxy) is 1. The quantitative estimate of drug-likeness (QED) is 0.733. The lowest BCUT2D eigenvalue weighted by atomic mass is 10.1. The van der Waals surface area contributed by atoms with Gasteiger partial charge in [0.15, 0.2) is 0 Å². The first-order valence-electron chi connectivity index (χ1n) is 9.58. The lowest BCUT2D eigenvalue weighted by Crippen LogP contribution is -2.32. The van der Waals surface area contributed by atoms with Gasteiger partial charge < -0.3 is 14.7 Å². The smallest absolute Gasteiger partial charge is 0.122 e. The standard InChI is InChI=1S/C23H23N3O2/c1-16-11-23(26-10-2-3-19(26)14-27)21-9-8-20(12-22(21)25-16)28-15-18-6-4-17(13-24)5-7-18/h4-9,11-12,19,27H,2-3,10,14-15H2,1H3/t19-/m0/s1. The summed E-state index contributed by atoms with van der Waals surface area (Å²) in [5.41, 5.74) is 4.65. The van der Waals surface area contributed by atoms with E-state index in [4.69, 9.17) is 15.0 Å². The Kier molecular flexibility index (Phi) is 5.14. The van der Waals surface area contributed by atoms with E-state index in [2.05, 4.69) is 23.1 Å². The number of pyridine rings is 1. The first-order valence-corrected chi connectivity index (χ1v) is 9.58. The van der Waals surface area contributed by atoms with Gasteiger partial charge >= 0.3 is 0 Å². The lowest BCUT2D eigenvalue weighted by molar-refractivity contribution is 0.266. The van der Waals surface area contributed by atoms with Crippen molar-refractivity contribution < 1.29 is 9.84 Å². The van der Waals surface area contributed by atoms with E-state index in [1.165, 1.54) is 0 Å². The Hall–Kier alpha value is -3.10. The van der Waals surface area contributed by atoms with E-state index >= 15 is 0 Å². The van der Waals surface area contributed by atoms with Crippen molar-refractivity contribution in [2.45, 2.75) is 32.4 Å². The van der Waals surface area contributed by atoms with Gasteiger partial charge in [-0.3, -0.25) is 4.98 Å². The molecule has 1 aliphatic heterocycles. The van der Waals surface area contributed by atoms with E-state index in [1.54, 1.807) is 12.1 Å². The van der Waals surface area contributed by atoms with Gasteiger partial charge in [0, 0.05) is 29.4 Å². The summed E-state index contributed by atoms with van der Waals surface area (Å²) in [5, 5.41) is 19.7. The van der Waals surface area contributed by atoms with Crippen molar-refractivity contribution in [3.8, 4) is 11.8 Å². The number of hydrogen-bond donors (Lipinski definition) is 1. The average Bonchev–Trinajstić information content (AvgIpc) is 3.20. The van der Waals surface area contributed by atoms with E-state index in [0.29, 0.717) is 12.2 Å². The Morgan fingerprint density at radius 3 is 2.79 bits per heavy atom. The number of benzene rings is 2. The van der Waals surface area contributed by atoms with Crippen LogP contribution in [-0.2, 0) is 6.61 Å². The minimum Gasteiger partial charge on any atom is -0.489 e. The van der Waals surface area contributed by atoms with Gasteiger partial charge in [-0.25, -0.2) is 0 Å². The molecule has 5 heteroatoms.